The van der Waals surface area contributed by atoms with E-state index >= 15 is 0 Å². The highest BCUT2D eigenvalue weighted by Crippen LogP contribution is 2.26. The van der Waals surface area contributed by atoms with E-state index in [1.54, 1.807) is 18.2 Å². The Balaban J connectivity index is 2.01. The number of furan rings is 1. The number of anilines is 1. The summed E-state index contributed by atoms with van der Waals surface area (Å²) in [6.07, 6.45) is 0.424. The predicted molar refractivity (Wildman–Crippen MR) is 77.7 cm³/mol. The molecule has 0 aliphatic carbocycles. The number of nitrogens with one attached hydrogen (secondary N) is 2. The molecule has 1 atom stereocenters. The Labute approximate surface area is 129 Å². The van der Waals surface area contributed by atoms with Crippen LogP contribution in [0, 0.1) is 0 Å². The zero-order valence-corrected chi connectivity index (χ0v) is 11.9. The second kappa shape index (κ2) is 5.75. The number of fused-ring (bicyclic) bond motifs is 1. The fraction of sp³-hybridized carbons (Fsp3) is 0.154. The van der Waals surface area contributed by atoms with Crippen molar-refractivity contribution in [3.05, 3.63) is 24.0 Å². The molecule has 0 saturated heterocycles. The quantitative estimate of drug-likeness (QED) is 0.556. The minimum absolute atomic E-state index is 0.0651. The molecule has 0 aromatic carbocycles. The van der Waals surface area contributed by atoms with Gasteiger partial charge in [-0.1, -0.05) is 5.10 Å². The standard InChI is InChI=1S/C13H12N6O4/c1-15-11(21)10(16-5-20)9-4-7-8(22-9)3-2-6(17-7)12-18-19-13(14)23-12/h2-5,10H,1H3,(H2,14,19)(H,15,21)(H,16,20). The number of carbonyl (C=O) groups is 2. The van der Waals surface area contributed by atoms with Crippen LogP contribution in [0.4, 0.5) is 6.01 Å². The third-order valence-corrected chi connectivity index (χ3v) is 3.08. The molecule has 118 valence electrons. The van der Waals surface area contributed by atoms with Gasteiger partial charge < -0.3 is 25.2 Å². The number of amides is 2. The summed E-state index contributed by atoms with van der Waals surface area (Å²) < 4.78 is 10.7. The van der Waals surface area contributed by atoms with Crippen molar-refractivity contribution in [2.45, 2.75) is 6.04 Å². The molecule has 3 heterocycles. The van der Waals surface area contributed by atoms with Gasteiger partial charge in [0.1, 0.15) is 17.0 Å². The van der Waals surface area contributed by atoms with Gasteiger partial charge in [-0.05, 0) is 12.1 Å². The van der Waals surface area contributed by atoms with Crippen LogP contribution in [0.25, 0.3) is 22.7 Å². The number of nitrogens with two attached hydrogens (primary N) is 1. The lowest BCUT2D eigenvalue weighted by atomic mass is 10.2. The maximum absolute atomic E-state index is 11.8. The van der Waals surface area contributed by atoms with Gasteiger partial charge in [-0.25, -0.2) is 4.98 Å². The van der Waals surface area contributed by atoms with E-state index in [1.165, 1.54) is 7.05 Å². The van der Waals surface area contributed by atoms with Crippen LogP contribution in [0.3, 0.4) is 0 Å². The summed E-state index contributed by atoms with van der Waals surface area (Å²) in [7, 11) is 1.46. The Morgan fingerprint density at radius 3 is 2.83 bits per heavy atom. The van der Waals surface area contributed by atoms with Crippen LogP contribution in [-0.2, 0) is 9.59 Å². The summed E-state index contributed by atoms with van der Waals surface area (Å²) in [6.45, 7) is 0. The van der Waals surface area contributed by atoms with E-state index in [2.05, 4.69) is 25.8 Å². The van der Waals surface area contributed by atoms with E-state index in [4.69, 9.17) is 14.6 Å². The molecule has 0 saturated carbocycles. The Morgan fingerprint density at radius 1 is 1.35 bits per heavy atom. The number of hydrogen-bond donors (Lipinski definition) is 3. The topological polar surface area (TPSA) is 149 Å². The van der Waals surface area contributed by atoms with Crippen molar-refractivity contribution in [3.8, 4) is 11.6 Å². The van der Waals surface area contributed by atoms with Gasteiger partial charge in [0.05, 0.1) is 0 Å². The molecule has 4 N–H and O–H groups in total. The van der Waals surface area contributed by atoms with Crippen LogP contribution in [0.1, 0.15) is 11.8 Å². The molecule has 23 heavy (non-hydrogen) atoms. The molecule has 0 bridgehead atoms. The largest absolute Gasteiger partial charge is 0.457 e. The summed E-state index contributed by atoms with van der Waals surface area (Å²) >= 11 is 0. The number of nitrogen functional groups attached to an aromatic ring is 1. The van der Waals surface area contributed by atoms with Crippen LogP contribution in [0.15, 0.2) is 27.0 Å². The summed E-state index contributed by atoms with van der Waals surface area (Å²) in [5.41, 5.74) is 6.70. The third kappa shape index (κ3) is 2.69. The number of hydrogen-bond acceptors (Lipinski definition) is 8. The fourth-order valence-electron chi connectivity index (χ4n) is 2.04. The summed E-state index contributed by atoms with van der Waals surface area (Å²) in [4.78, 5) is 26.8. The van der Waals surface area contributed by atoms with Gasteiger partial charge in [0.2, 0.25) is 12.3 Å². The van der Waals surface area contributed by atoms with E-state index < -0.39 is 11.9 Å². The second-order valence-electron chi connectivity index (χ2n) is 4.51. The van der Waals surface area contributed by atoms with Gasteiger partial charge in [-0.2, -0.15) is 0 Å². The molecule has 3 aromatic heterocycles. The average Bonchev–Trinajstić information content (AvgIpc) is 3.16. The molecular formula is C13H12N6O4. The average molecular weight is 316 g/mol. The molecule has 0 spiro atoms. The number of aromatic nitrogens is 3. The molecule has 10 heteroatoms. The molecule has 0 fully saturated rings. The SMILES string of the molecule is CNC(=O)C(NC=O)c1cc2nc(-c3nnc(N)o3)ccc2o1. The second-order valence-corrected chi connectivity index (χ2v) is 4.51. The van der Waals surface area contributed by atoms with E-state index in [9.17, 15) is 9.59 Å². The minimum Gasteiger partial charge on any atom is -0.457 e. The first-order valence-electron chi connectivity index (χ1n) is 6.53. The predicted octanol–water partition coefficient (Wildman–Crippen LogP) is -0.00690. The Kier molecular flexibility index (Phi) is 3.63. The molecule has 1 unspecified atom stereocenters. The van der Waals surface area contributed by atoms with Gasteiger partial charge in [-0.15, -0.1) is 5.10 Å². The Hall–Kier alpha value is -3.43. The van der Waals surface area contributed by atoms with Crippen molar-refractivity contribution in [1.82, 2.24) is 25.8 Å². The summed E-state index contributed by atoms with van der Waals surface area (Å²) in [6, 6.07) is 3.79. The summed E-state index contributed by atoms with van der Waals surface area (Å²) in [5, 5.41) is 12.1. The maximum Gasteiger partial charge on any atom is 0.313 e. The molecular weight excluding hydrogens is 304 g/mol. The van der Waals surface area contributed by atoms with Gasteiger partial charge >= 0.3 is 6.01 Å². The number of nitrogens with zero attached hydrogens (tertiary/aromatic N) is 3. The lowest BCUT2D eigenvalue weighted by Gasteiger charge is -2.10. The molecule has 3 aromatic rings. The van der Waals surface area contributed by atoms with Crippen LogP contribution in [0.5, 0.6) is 0 Å². The van der Waals surface area contributed by atoms with Crippen molar-refractivity contribution in [2.75, 3.05) is 12.8 Å². The van der Waals surface area contributed by atoms with E-state index in [-0.39, 0.29) is 17.7 Å². The molecule has 0 aliphatic heterocycles. The smallest absolute Gasteiger partial charge is 0.313 e. The lowest BCUT2D eigenvalue weighted by Crippen LogP contribution is -2.34. The lowest BCUT2D eigenvalue weighted by molar-refractivity contribution is -0.125. The first-order chi connectivity index (χ1) is 11.1. The van der Waals surface area contributed by atoms with E-state index in [0.717, 1.165) is 0 Å². The molecule has 2 amide bonds. The Morgan fingerprint density at radius 2 is 2.17 bits per heavy atom. The molecule has 0 radical (unpaired) electrons. The molecule has 0 aliphatic rings. The number of likely N-dealkylation sites (N-methyl/N-ethyl adjacent to an activating group) is 1. The molecule has 3 rings (SSSR count). The minimum atomic E-state index is -0.950. The third-order valence-electron chi connectivity index (χ3n) is 3.08. The highest BCUT2D eigenvalue weighted by molar-refractivity contribution is 5.86. The van der Waals surface area contributed by atoms with E-state index in [0.29, 0.717) is 23.2 Å². The zero-order chi connectivity index (χ0) is 16.4. The number of carbonyl (C=O) groups excluding carboxylic acids is 2. The summed E-state index contributed by atoms with van der Waals surface area (Å²) in [5.74, 6) is 0.00298. The molecule has 10 nitrogen and oxygen atoms in total. The monoisotopic (exact) mass is 316 g/mol. The number of rotatable bonds is 5. The van der Waals surface area contributed by atoms with E-state index in [1.807, 2.05) is 0 Å². The van der Waals surface area contributed by atoms with Crippen molar-refractivity contribution < 1.29 is 18.4 Å². The highest BCUT2D eigenvalue weighted by atomic mass is 16.4. The highest BCUT2D eigenvalue weighted by Gasteiger charge is 2.23. The van der Waals surface area contributed by atoms with Crippen LogP contribution < -0.4 is 16.4 Å². The van der Waals surface area contributed by atoms with Crippen LogP contribution in [-0.4, -0.2) is 34.5 Å². The van der Waals surface area contributed by atoms with Crippen LogP contribution in [0.2, 0.25) is 0 Å². The normalized spacial score (nSPS) is 12.0. The first kappa shape index (κ1) is 14.5. The number of pyridine rings is 1. The van der Waals surface area contributed by atoms with Crippen molar-refractivity contribution in [3.63, 3.8) is 0 Å². The van der Waals surface area contributed by atoms with Crippen LogP contribution >= 0.6 is 0 Å². The van der Waals surface area contributed by atoms with Gasteiger partial charge in [0, 0.05) is 13.1 Å². The van der Waals surface area contributed by atoms with Crippen molar-refractivity contribution in [2.24, 2.45) is 0 Å². The zero-order valence-electron chi connectivity index (χ0n) is 11.9. The first-order valence-corrected chi connectivity index (χ1v) is 6.53. The Bertz CT molecular complexity index is 870. The van der Waals surface area contributed by atoms with Gasteiger partial charge in [-0.3, -0.25) is 9.59 Å². The van der Waals surface area contributed by atoms with Crippen molar-refractivity contribution >= 4 is 29.4 Å². The van der Waals surface area contributed by atoms with Crippen molar-refractivity contribution in [1.29, 1.82) is 0 Å². The fourth-order valence-corrected chi connectivity index (χ4v) is 2.04. The van der Waals surface area contributed by atoms with Gasteiger partial charge in [0.25, 0.3) is 5.89 Å². The van der Waals surface area contributed by atoms with Gasteiger partial charge in [0.15, 0.2) is 11.6 Å². The maximum atomic E-state index is 11.8.